The van der Waals surface area contributed by atoms with Gasteiger partial charge in [-0.3, -0.25) is 4.79 Å². The van der Waals surface area contributed by atoms with Gasteiger partial charge in [0.05, 0.1) is 28.9 Å². The molecule has 2 heterocycles. The molecule has 0 aliphatic rings. The number of aryl methyl sites for hydroxylation is 2. The number of pyridine rings is 1. The van der Waals surface area contributed by atoms with Crippen LogP contribution in [-0.4, -0.2) is 33.9 Å². The smallest absolute Gasteiger partial charge is 0.417 e. The van der Waals surface area contributed by atoms with Crippen molar-refractivity contribution in [2.45, 2.75) is 33.4 Å². The summed E-state index contributed by atoms with van der Waals surface area (Å²) in [5, 5.41) is 6.82. The molecule has 2 aromatic heterocycles. The minimum Gasteiger partial charge on any atom is -0.494 e. The molecule has 4 aromatic rings. The van der Waals surface area contributed by atoms with Gasteiger partial charge < -0.3 is 14.8 Å². The number of halogens is 3. The summed E-state index contributed by atoms with van der Waals surface area (Å²) in [6.45, 7) is 5.36. The zero-order valence-electron chi connectivity index (χ0n) is 20.0. The van der Waals surface area contributed by atoms with Crippen LogP contribution in [0.4, 0.5) is 18.9 Å². The Balaban J connectivity index is 1.61. The van der Waals surface area contributed by atoms with E-state index in [1.54, 1.807) is 36.4 Å². The van der Waals surface area contributed by atoms with E-state index >= 15 is 0 Å². The van der Waals surface area contributed by atoms with E-state index in [-0.39, 0.29) is 22.6 Å². The molecule has 4 rings (SSSR count). The number of amides is 1. The Morgan fingerprint density at radius 1 is 1.03 bits per heavy atom. The normalized spacial score (nSPS) is 11.5. The number of hydrogen-bond donors (Lipinski definition) is 1. The lowest BCUT2D eigenvalue weighted by Gasteiger charge is -2.12. The molecule has 7 nitrogen and oxygen atoms in total. The van der Waals surface area contributed by atoms with Gasteiger partial charge in [-0.1, -0.05) is 19.1 Å². The number of nitrogens with zero attached hydrogens (tertiary/aromatic N) is 3. The lowest BCUT2D eigenvalue weighted by atomic mass is 10.1. The highest BCUT2D eigenvalue weighted by Crippen LogP contribution is 2.38. The average Bonchev–Trinajstić information content (AvgIpc) is 3.19. The summed E-state index contributed by atoms with van der Waals surface area (Å²) in [5.74, 6) is -0.224. The van der Waals surface area contributed by atoms with Crippen LogP contribution in [0.5, 0.6) is 11.6 Å². The zero-order chi connectivity index (χ0) is 25.9. The highest BCUT2D eigenvalue weighted by Gasteiger charge is 2.36. The molecule has 0 fully saturated rings. The summed E-state index contributed by atoms with van der Waals surface area (Å²) in [7, 11) is 0. The first-order valence-electron chi connectivity index (χ1n) is 11.4. The molecule has 0 bridgehead atoms. The van der Waals surface area contributed by atoms with Crippen molar-refractivity contribution in [3.8, 4) is 17.3 Å². The first kappa shape index (κ1) is 25.0. The molecule has 1 amide bonds. The maximum absolute atomic E-state index is 14.0. The number of nitrogens with one attached hydrogen (secondary N) is 1. The van der Waals surface area contributed by atoms with Gasteiger partial charge in [-0.15, -0.1) is 0 Å². The Morgan fingerprint density at radius 3 is 2.33 bits per heavy atom. The van der Waals surface area contributed by atoms with Crippen LogP contribution in [-0.2, 0) is 17.4 Å². The first-order valence-corrected chi connectivity index (χ1v) is 11.4. The van der Waals surface area contributed by atoms with E-state index < -0.39 is 24.3 Å². The van der Waals surface area contributed by atoms with Gasteiger partial charge in [0.15, 0.2) is 12.3 Å². The Labute approximate surface area is 205 Å². The van der Waals surface area contributed by atoms with Crippen LogP contribution in [0.15, 0.2) is 54.6 Å². The minimum atomic E-state index is -4.67. The van der Waals surface area contributed by atoms with Crippen LogP contribution in [0.3, 0.4) is 0 Å². The van der Waals surface area contributed by atoms with Crippen molar-refractivity contribution in [3.63, 3.8) is 0 Å². The fourth-order valence-corrected chi connectivity index (χ4v) is 3.75. The molecule has 10 heteroatoms. The lowest BCUT2D eigenvalue weighted by Crippen LogP contribution is -2.20. The maximum Gasteiger partial charge on any atom is 0.417 e. The molecule has 0 atom stereocenters. The third-order valence-electron chi connectivity index (χ3n) is 5.48. The fourth-order valence-electron chi connectivity index (χ4n) is 3.75. The lowest BCUT2D eigenvalue weighted by molar-refractivity contribution is -0.136. The van der Waals surface area contributed by atoms with Crippen LogP contribution in [0.25, 0.3) is 16.7 Å². The Hall–Kier alpha value is -4.08. The number of aromatic nitrogens is 3. The van der Waals surface area contributed by atoms with Crippen LogP contribution < -0.4 is 14.8 Å². The summed E-state index contributed by atoms with van der Waals surface area (Å²) in [5.41, 5.74) is 1.39. The maximum atomic E-state index is 14.0. The van der Waals surface area contributed by atoms with Crippen LogP contribution in [0.1, 0.15) is 30.7 Å². The van der Waals surface area contributed by atoms with Crippen molar-refractivity contribution in [3.05, 3.63) is 71.4 Å². The summed E-state index contributed by atoms with van der Waals surface area (Å²) in [6, 6.07) is 14.8. The zero-order valence-corrected chi connectivity index (χ0v) is 20.0. The number of ether oxygens (including phenoxy) is 2. The van der Waals surface area contributed by atoms with Gasteiger partial charge in [-0.25, -0.2) is 4.68 Å². The molecule has 0 aliphatic heterocycles. The number of anilines is 1. The van der Waals surface area contributed by atoms with E-state index in [0.717, 1.165) is 18.1 Å². The van der Waals surface area contributed by atoms with Gasteiger partial charge in [0.1, 0.15) is 5.75 Å². The SMILES string of the molecule is CCOc1ccc(NC(=O)COc2cc(C(F)(F)F)c3c(C)nn(-c4ccc(CC)cc4)c3n2)cc1. The first-order chi connectivity index (χ1) is 17.2. The molecule has 188 valence electrons. The number of hydrogen-bond acceptors (Lipinski definition) is 5. The number of alkyl halides is 3. The molecule has 0 aliphatic carbocycles. The number of benzene rings is 2. The molecule has 0 spiro atoms. The summed E-state index contributed by atoms with van der Waals surface area (Å²) in [4.78, 5) is 16.6. The van der Waals surface area contributed by atoms with Crippen LogP contribution in [0, 0.1) is 6.92 Å². The molecular formula is C26H25F3N4O3. The standard InChI is InChI=1S/C26H25F3N4O3/c1-4-17-6-10-19(11-7-17)33-25-24(16(3)32-33)21(26(27,28)29)14-23(31-25)36-15-22(34)30-18-8-12-20(13-9-18)35-5-2/h6-14H,4-5,15H2,1-3H3,(H,30,34). The number of fused-ring (bicyclic) bond motifs is 1. The summed E-state index contributed by atoms with van der Waals surface area (Å²) < 4.78 is 54.0. The predicted molar refractivity (Wildman–Crippen MR) is 130 cm³/mol. The van der Waals surface area contributed by atoms with E-state index in [9.17, 15) is 18.0 Å². The number of carbonyl (C=O) groups is 1. The van der Waals surface area contributed by atoms with Gasteiger partial charge in [0, 0.05) is 11.8 Å². The van der Waals surface area contributed by atoms with E-state index in [1.807, 2.05) is 26.0 Å². The molecule has 0 radical (unpaired) electrons. The second kappa shape index (κ2) is 10.3. The summed E-state index contributed by atoms with van der Waals surface area (Å²) >= 11 is 0. The number of rotatable bonds is 8. The molecule has 1 N–H and O–H groups in total. The highest BCUT2D eigenvalue weighted by atomic mass is 19.4. The van der Waals surface area contributed by atoms with Gasteiger partial charge in [0.25, 0.3) is 5.91 Å². The Morgan fingerprint density at radius 2 is 1.72 bits per heavy atom. The van der Waals surface area contributed by atoms with Crippen molar-refractivity contribution in [2.24, 2.45) is 0 Å². The minimum absolute atomic E-state index is 0.00602. The van der Waals surface area contributed by atoms with E-state index in [2.05, 4.69) is 15.4 Å². The van der Waals surface area contributed by atoms with E-state index in [4.69, 9.17) is 9.47 Å². The van der Waals surface area contributed by atoms with Crippen molar-refractivity contribution in [2.75, 3.05) is 18.5 Å². The highest BCUT2D eigenvalue weighted by molar-refractivity contribution is 5.92. The van der Waals surface area contributed by atoms with Crippen molar-refractivity contribution >= 4 is 22.6 Å². The predicted octanol–water partition coefficient (Wildman–Crippen LogP) is 5.73. The van der Waals surface area contributed by atoms with E-state index in [1.165, 1.54) is 11.6 Å². The Kier molecular flexibility index (Phi) is 7.14. The molecule has 0 saturated heterocycles. The van der Waals surface area contributed by atoms with Gasteiger partial charge in [-0.2, -0.15) is 23.3 Å². The molecule has 2 aromatic carbocycles. The monoisotopic (exact) mass is 498 g/mol. The van der Waals surface area contributed by atoms with Gasteiger partial charge >= 0.3 is 6.18 Å². The third-order valence-corrected chi connectivity index (χ3v) is 5.48. The second-order valence-corrected chi connectivity index (χ2v) is 8.02. The van der Waals surface area contributed by atoms with Crippen LogP contribution >= 0.6 is 0 Å². The van der Waals surface area contributed by atoms with Gasteiger partial charge in [-0.05, 0) is 62.2 Å². The largest absolute Gasteiger partial charge is 0.494 e. The average molecular weight is 499 g/mol. The fraction of sp³-hybridized carbons (Fsp3) is 0.269. The number of carbonyl (C=O) groups excluding carboxylic acids is 1. The molecule has 0 unspecified atom stereocenters. The van der Waals surface area contributed by atoms with Crippen molar-refractivity contribution in [1.82, 2.24) is 14.8 Å². The Bertz CT molecular complexity index is 1360. The van der Waals surface area contributed by atoms with Gasteiger partial charge in [0.2, 0.25) is 5.88 Å². The summed E-state index contributed by atoms with van der Waals surface area (Å²) in [6.07, 6.45) is -3.85. The van der Waals surface area contributed by atoms with Crippen LogP contribution in [0.2, 0.25) is 0 Å². The van der Waals surface area contributed by atoms with Crippen molar-refractivity contribution < 1.29 is 27.4 Å². The molecule has 36 heavy (non-hydrogen) atoms. The molecule has 0 saturated carbocycles. The van der Waals surface area contributed by atoms with E-state index in [0.29, 0.717) is 23.7 Å². The quantitative estimate of drug-likeness (QED) is 0.336. The topological polar surface area (TPSA) is 78.3 Å². The third kappa shape index (κ3) is 5.42. The molecular weight excluding hydrogens is 473 g/mol. The van der Waals surface area contributed by atoms with Crippen molar-refractivity contribution in [1.29, 1.82) is 0 Å². The second-order valence-electron chi connectivity index (χ2n) is 8.02.